The predicted octanol–water partition coefficient (Wildman–Crippen LogP) is 0.832. The van der Waals surface area contributed by atoms with Gasteiger partial charge in [0.2, 0.25) is 0 Å². The second-order valence-electron chi connectivity index (χ2n) is 4.29. The summed E-state index contributed by atoms with van der Waals surface area (Å²) in [7, 11) is -4.76. The smallest absolute Gasteiger partial charge is 0.480 e. The van der Waals surface area contributed by atoms with E-state index in [0.717, 1.165) is 12.1 Å². The van der Waals surface area contributed by atoms with Crippen LogP contribution >= 0.6 is 7.82 Å². The van der Waals surface area contributed by atoms with Crippen molar-refractivity contribution in [3.63, 3.8) is 0 Å². The number of nitrogens with one attached hydrogen (secondary N) is 1. The van der Waals surface area contributed by atoms with Crippen LogP contribution in [0.15, 0.2) is 24.3 Å². The first kappa shape index (κ1) is 18.9. The van der Waals surface area contributed by atoms with E-state index in [1.807, 2.05) is 0 Å². The minimum Gasteiger partial charge on any atom is -0.480 e. The number of hydrogen-bond acceptors (Lipinski definition) is 4. The summed E-state index contributed by atoms with van der Waals surface area (Å²) in [6.07, 6.45) is -5.68. The summed E-state index contributed by atoms with van der Waals surface area (Å²) < 4.78 is 51.2. The van der Waals surface area contributed by atoms with Crippen LogP contribution in [0.1, 0.15) is 5.56 Å². The quantitative estimate of drug-likeness (QED) is 0.554. The number of halogens is 3. The first-order valence-corrected chi connectivity index (χ1v) is 7.36. The number of carboxylic acids is 1. The van der Waals surface area contributed by atoms with E-state index in [1.54, 1.807) is 0 Å². The molecule has 0 saturated carbocycles. The van der Waals surface area contributed by atoms with Crippen molar-refractivity contribution in [1.82, 2.24) is 5.32 Å². The Hall–Kier alpha value is -2.10. The third-order valence-electron chi connectivity index (χ3n) is 2.45. The van der Waals surface area contributed by atoms with Crippen molar-refractivity contribution in [2.24, 2.45) is 0 Å². The van der Waals surface area contributed by atoms with Gasteiger partial charge in [-0.3, -0.25) is 14.6 Å². The van der Waals surface area contributed by atoms with Gasteiger partial charge in [0.25, 0.3) is 0 Å². The molecule has 0 aromatic heterocycles. The fourth-order valence-corrected chi connectivity index (χ4v) is 1.90. The van der Waals surface area contributed by atoms with Crippen molar-refractivity contribution >= 4 is 19.7 Å². The molecule has 0 saturated heterocycles. The summed E-state index contributed by atoms with van der Waals surface area (Å²) in [5.41, 5.74) is 0.206. The van der Waals surface area contributed by atoms with E-state index in [0.29, 0.717) is 0 Å². The van der Waals surface area contributed by atoms with E-state index in [4.69, 9.17) is 14.9 Å². The molecular formula is C11H11F3NO7P. The number of phosphoric acid groups is 1. The first-order valence-electron chi connectivity index (χ1n) is 5.83. The predicted molar refractivity (Wildman–Crippen MR) is 68.4 cm³/mol. The maximum Gasteiger partial charge on any atom is 0.524 e. The normalized spacial score (nSPS) is 13.3. The fourth-order valence-electron chi connectivity index (χ4n) is 1.50. The minimum absolute atomic E-state index is 0.206. The molecule has 0 radical (unpaired) electrons. The SMILES string of the molecule is O=C(O)[C@H](Cc1ccc(OP(=O)(O)O)cc1)NC(=O)C(F)(F)F. The molecule has 0 aliphatic carbocycles. The number of carbonyl (C=O) groups is 2. The summed E-state index contributed by atoms with van der Waals surface area (Å²) in [6, 6.07) is 2.76. The highest BCUT2D eigenvalue weighted by Crippen LogP contribution is 2.37. The monoisotopic (exact) mass is 357 g/mol. The molecular weight excluding hydrogens is 346 g/mol. The molecule has 0 bridgehead atoms. The molecule has 1 aromatic rings. The highest BCUT2D eigenvalue weighted by atomic mass is 31.2. The number of rotatable bonds is 6. The van der Waals surface area contributed by atoms with Crippen LogP contribution in [0.2, 0.25) is 0 Å². The van der Waals surface area contributed by atoms with Crippen LogP contribution in [-0.4, -0.2) is 39.0 Å². The molecule has 8 nitrogen and oxygen atoms in total. The van der Waals surface area contributed by atoms with Crippen LogP contribution in [0.5, 0.6) is 5.75 Å². The summed E-state index contributed by atoms with van der Waals surface area (Å²) in [5, 5.41) is 10.2. The zero-order chi connectivity index (χ0) is 17.8. The molecule has 1 atom stereocenters. The minimum atomic E-state index is -5.21. The maximum atomic E-state index is 12.1. The topological polar surface area (TPSA) is 133 Å². The second kappa shape index (κ2) is 6.99. The van der Waals surface area contributed by atoms with Crippen LogP contribution in [0, 0.1) is 0 Å². The summed E-state index contributed by atoms with van der Waals surface area (Å²) in [4.78, 5) is 38.9. The van der Waals surface area contributed by atoms with Gasteiger partial charge in [0.15, 0.2) is 0 Å². The molecule has 0 fully saturated rings. The Morgan fingerprint density at radius 1 is 1.22 bits per heavy atom. The Bertz CT molecular complexity index is 626. The number of hydrogen-bond donors (Lipinski definition) is 4. The van der Waals surface area contributed by atoms with E-state index in [1.165, 1.54) is 17.4 Å². The molecule has 0 aliphatic rings. The van der Waals surface area contributed by atoms with Crippen molar-refractivity contribution in [2.45, 2.75) is 18.6 Å². The molecule has 12 heteroatoms. The van der Waals surface area contributed by atoms with Crippen LogP contribution < -0.4 is 9.84 Å². The van der Waals surface area contributed by atoms with Gasteiger partial charge in [-0.05, 0) is 17.7 Å². The number of alkyl halides is 3. The Kier molecular flexibility index (Phi) is 5.75. The van der Waals surface area contributed by atoms with Crippen molar-refractivity contribution in [3.8, 4) is 5.75 Å². The summed E-state index contributed by atoms with van der Waals surface area (Å²) in [5.74, 6) is -4.27. The van der Waals surface area contributed by atoms with Crippen LogP contribution in [-0.2, 0) is 20.6 Å². The van der Waals surface area contributed by atoms with Gasteiger partial charge in [0, 0.05) is 6.42 Å². The molecule has 23 heavy (non-hydrogen) atoms. The molecule has 0 unspecified atom stereocenters. The molecule has 1 amide bonds. The number of amides is 1. The van der Waals surface area contributed by atoms with Crippen molar-refractivity contribution < 1.29 is 46.7 Å². The Morgan fingerprint density at radius 3 is 2.13 bits per heavy atom. The molecule has 1 aromatic carbocycles. The molecule has 1 rings (SSSR count). The first-order chi connectivity index (χ1) is 10.4. The van der Waals surface area contributed by atoms with E-state index in [9.17, 15) is 27.3 Å². The second-order valence-corrected chi connectivity index (χ2v) is 5.46. The van der Waals surface area contributed by atoms with Gasteiger partial charge < -0.3 is 14.9 Å². The van der Waals surface area contributed by atoms with Crippen LogP contribution in [0.4, 0.5) is 13.2 Å². The van der Waals surface area contributed by atoms with Gasteiger partial charge in [0.05, 0.1) is 0 Å². The van der Waals surface area contributed by atoms with Crippen LogP contribution in [0.3, 0.4) is 0 Å². The zero-order valence-electron chi connectivity index (χ0n) is 11.1. The van der Waals surface area contributed by atoms with Gasteiger partial charge in [-0.25, -0.2) is 9.36 Å². The molecule has 4 N–H and O–H groups in total. The van der Waals surface area contributed by atoms with E-state index >= 15 is 0 Å². The van der Waals surface area contributed by atoms with Gasteiger partial charge in [-0.2, -0.15) is 13.2 Å². The lowest BCUT2D eigenvalue weighted by Gasteiger charge is -2.16. The molecule has 0 heterocycles. The van der Waals surface area contributed by atoms with Gasteiger partial charge in [-0.15, -0.1) is 0 Å². The number of carbonyl (C=O) groups excluding carboxylic acids is 1. The lowest BCUT2D eigenvalue weighted by molar-refractivity contribution is -0.175. The Labute approximate surface area is 127 Å². The molecule has 128 valence electrons. The lowest BCUT2D eigenvalue weighted by Crippen LogP contribution is -2.47. The molecule has 0 aliphatic heterocycles. The average Bonchev–Trinajstić information content (AvgIpc) is 2.37. The molecule has 0 spiro atoms. The summed E-state index contributed by atoms with van der Waals surface area (Å²) >= 11 is 0. The Morgan fingerprint density at radius 2 is 1.74 bits per heavy atom. The highest BCUT2D eigenvalue weighted by molar-refractivity contribution is 7.46. The number of aliphatic carboxylic acids is 1. The van der Waals surface area contributed by atoms with Gasteiger partial charge >= 0.3 is 25.9 Å². The maximum absolute atomic E-state index is 12.1. The van der Waals surface area contributed by atoms with E-state index in [2.05, 4.69) is 4.52 Å². The van der Waals surface area contributed by atoms with Gasteiger partial charge in [-0.1, -0.05) is 12.1 Å². The standard InChI is InChI=1S/C11H11F3NO7P/c12-11(13,14)10(18)15-8(9(16)17)5-6-1-3-7(4-2-6)22-23(19,20)21/h1-4,8H,5H2,(H,15,18)(H,16,17)(H2,19,20,21)/t8-/m0/s1. The lowest BCUT2D eigenvalue weighted by atomic mass is 10.1. The largest absolute Gasteiger partial charge is 0.524 e. The fraction of sp³-hybridized carbons (Fsp3) is 0.273. The van der Waals surface area contributed by atoms with Crippen molar-refractivity contribution in [2.75, 3.05) is 0 Å². The van der Waals surface area contributed by atoms with E-state index < -0.39 is 38.3 Å². The number of benzene rings is 1. The van der Waals surface area contributed by atoms with Crippen molar-refractivity contribution in [1.29, 1.82) is 0 Å². The number of phosphoric ester groups is 1. The third-order valence-corrected chi connectivity index (χ3v) is 2.90. The third kappa shape index (κ3) is 6.68. The number of carboxylic acid groups (broad SMARTS) is 1. The zero-order valence-corrected chi connectivity index (χ0v) is 12.0. The van der Waals surface area contributed by atoms with Crippen molar-refractivity contribution in [3.05, 3.63) is 29.8 Å². The van der Waals surface area contributed by atoms with Gasteiger partial charge in [0.1, 0.15) is 11.8 Å². The van der Waals surface area contributed by atoms with Crippen LogP contribution in [0.25, 0.3) is 0 Å². The Balaban J connectivity index is 2.80. The average molecular weight is 357 g/mol. The highest BCUT2D eigenvalue weighted by Gasteiger charge is 2.40. The van der Waals surface area contributed by atoms with E-state index in [-0.39, 0.29) is 11.3 Å². The summed E-state index contributed by atoms with van der Waals surface area (Å²) in [6.45, 7) is 0.